The monoisotopic (exact) mass is 564 g/mol. The number of thioether (sulfide) groups is 1. The number of rotatable bonds is 6. The van der Waals surface area contributed by atoms with E-state index in [4.69, 9.17) is 4.98 Å². The number of aromatic nitrogens is 2. The van der Waals surface area contributed by atoms with Crippen LogP contribution in [-0.2, 0) is 17.6 Å². The van der Waals surface area contributed by atoms with Crippen LogP contribution >= 0.6 is 11.8 Å². The van der Waals surface area contributed by atoms with Gasteiger partial charge in [0.25, 0.3) is 0 Å². The Morgan fingerprint density at radius 1 is 1.10 bits per heavy atom. The number of nitriles is 1. The van der Waals surface area contributed by atoms with Crippen molar-refractivity contribution in [3.8, 4) is 17.3 Å². The number of aryl methyl sites for hydroxylation is 1. The lowest BCUT2D eigenvalue weighted by atomic mass is 9.71. The average Bonchev–Trinajstić information content (AvgIpc) is 2.95. The summed E-state index contributed by atoms with van der Waals surface area (Å²) in [7, 11) is 0. The molecule has 8 heteroatoms. The summed E-state index contributed by atoms with van der Waals surface area (Å²) in [4.78, 5) is 34.3. The molecular formula is C33H32N4O3S. The van der Waals surface area contributed by atoms with Crippen LogP contribution in [0.4, 0.5) is 5.69 Å². The van der Waals surface area contributed by atoms with Crippen LogP contribution in [-0.4, -0.2) is 32.2 Å². The van der Waals surface area contributed by atoms with E-state index in [0.717, 1.165) is 36.1 Å². The molecule has 2 N–H and O–H groups in total. The number of pyridine rings is 2. The van der Waals surface area contributed by atoms with E-state index in [-0.39, 0.29) is 16.9 Å². The van der Waals surface area contributed by atoms with Crippen LogP contribution in [0.2, 0.25) is 0 Å². The summed E-state index contributed by atoms with van der Waals surface area (Å²) in [5.74, 6) is -0.660. The minimum Gasteiger partial charge on any atom is -0.478 e. The molecule has 4 aromatic rings. The number of hydrogen-bond acceptors (Lipinski definition) is 6. The first kappa shape index (κ1) is 28.3. The first-order valence-electron chi connectivity index (χ1n) is 13.7. The molecule has 2 heterocycles. The molecule has 0 bridgehead atoms. The third-order valence-corrected chi connectivity index (χ3v) is 8.85. The SMILES string of the molecule is CC(Sc1nc2c(cc1C#N)CC(C(C)(C)C)CC2)C(=O)Nc1ccc(-c2cc(C(=O)O)c3ccccc3n2)cc1. The second kappa shape index (κ2) is 11.3. The molecule has 41 heavy (non-hydrogen) atoms. The van der Waals surface area contributed by atoms with E-state index in [1.165, 1.54) is 11.8 Å². The van der Waals surface area contributed by atoms with Gasteiger partial charge in [0.15, 0.2) is 0 Å². The Kier molecular flexibility index (Phi) is 7.83. The molecule has 0 radical (unpaired) electrons. The summed E-state index contributed by atoms with van der Waals surface area (Å²) < 4.78 is 0. The fourth-order valence-electron chi connectivity index (χ4n) is 5.24. The molecular weight excluding hydrogens is 532 g/mol. The number of carbonyl (C=O) groups is 2. The number of para-hydroxylation sites is 1. The Hall–Kier alpha value is -4.22. The number of fused-ring (bicyclic) bond motifs is 2. The predicted molar refractivity (Wildman–Crippen MR) is 162 cm³/mol. The van der Waals surface area contributed by atoms with E-state index in [9.17, 15) is 20.0 Å². The zero-order valence-electron chi connectivity index (χ0n) is 23.6. The topological polar surface area (TPSA) is 116 Å². The summed E-state index contributed by atoms with van der Waals surface area (Å²) >= 11 is 1.30. The van der Waals surface area contributed by atoms with Crippen molar-refractivity contribution in [1.29, 1.82) is 5.26 Å². The lowest BCUT2D eigenvalue weighted by Gasteiger charge is -2.34. The third-order valence-electron chi connectivity index (χ3n) is 7.75. The summed E-state index contributed by atoms with van der Waals surface area (Å²) in [5, 5.41) is 23.1. The van der Waals surface area contributed by atoms with E-state index in [1.807, 2.05) is 12.1 Å². The Morgan fingerprint density at radius 3 is 2.51 bits per heavy atom. The molecule has 0 fully saturated rings. The van der Waals surface area contributed by atoms with Gasteiger partial charge in [-0.3, -0.25) is 4.79 Å². The first-order chi connectivity index (χ1) is 19.5. The van der Waals surface area contributed by atoms with Crippen LogP contribution in [0.5, 0.6) is 0 Å². The van der Waals surface area contributed by atoms with Gasteiger partial charge in [0.05, 0.1) is 27.6 Å². The number of amides is 1. The van der Waals surface area contributed by atoms with E-state index < -0.39 is 11.2 Å². The van der Waals surface area contributed by atoms with Crippen molar-refractivity contribution in [1.82, 2.24) is 9.97 Å². The Balaban J connectivity index is 1.29. The van der Waals surface area contributed by atoms with E-state index >= 15 is 0 Å². The highest BCUT2D eigenvalue weighted by Crippen LogP contribution is 2.38. The van der Waals surface area contributed by atoms with Crippen molar-refractivity contribution < 1.29 is 14.7 Å². The van der Waals surface area contributed by atoms with Gasteiger partial charge >= 0.3 is 5.97 Å². The van der Waals surface area contributed by atoms with Crippen molar-refractivity contribution in [3.05, 3.63) is 83.0 Å². The lowest BCUT2D eigenvalue weighted by molar-refractivity contribution is -0.115. The Morgan fingerprint density at radius 2 is 1.83 bits per heavy atom. The van der Waals surface area contributed by atoms with Gasteiger partial charge in [-0.15, -0.1) is 0 Å². The number of hydrogen-bond donors (Lipinski definition) is 2. The molecule has 2 atom stereocenters. The van der Waals surface area contributed by atoms with Gasteiger partial charge in [-0.1, -0.05) is 62.9 Å². The van der Waals surface area contributed by atoms with Crippen molar-refractivity contribution in [2.75, 3.05) is 5.32 Å². The predicted octanol–water partition coefficient (Wildman–Crippen LogP) is 7.14. The van der Waals surface area contributed by atoms with Crippen LogP contribution in [0, 0.1) is 22.7 Å². The second-order valence-electron chi connectivity index (χ2n) is 11.6. The fourth-order valence-corrected chi connectivity index (χ4v) is 6.14. The summed E-state index contributed by atoms with van der Waals surface area (Å²) in [6, 6.07) is 20.1. The fraction of sp³-hybridized carbons (Fsp3) is 0.303. The number of aromatic carboxylic acids is 1. The smallest absolute Gasteiger partial charge is 0.336 e. The van der Waals surface area contributed by atoms with Crippen molar-refractivity contribution in [3.63, 3.8) is 0 Å². The highest BCUT2D eigenvalue weighted by Gasteiger charge is 2.30. The van der Waals surface area contributed by atoms with Crippen LogP contribution in [0.3, 0.4) is 0 Å². The first-order valence-corrected chi connectivity index (χ1v) is 14.6. The number of carboxylic acid groups (broad SMARTS) is 1. The molecule has 0 saturated carbocycles. The van der Waals surface area contributed by atoms with E-state index in [2.05, 4.69) is 37.1 Å². The molecule has 0 aliphatic heterocycles. The van der Waals surface area contributed by atoms with Crippen molar-refractivity contribution in [2.24, 2.45) is 11.3 Å². The Bertz CT molecular complexity index is 1690. The molecule has 1 aliphatic carbocycles. The number of anilines is 1. The van der Waals surface area contributed by atoms with Crippen molar-refractivity contribution >= 4 is 40.2 Å². The zero-order valence-corrected chi connectivity index (χ0v) is 24.4. The van der Waals surface area contributed by atoms with Crippen LogP contribution < -0.4 is 5.32 Å². The Labute approximate surface area is 244 Å². The molecule has 7 nitrogen and oxygen atoms in total. The van der Waals surface area contributed by atoms with Gasteiger partial charge in [0.1, 0.15) is 11.1 Å². The van der Waals surface area contributed by atoms with Crippen LogP contribution in [0.1, 0.15) is 61.3 Å². The number of benzene rings is 2. The zero-order chi connectivity index (χ0) is 29.3. The average molecular weight is 565 g/mol. The maximum atomic E-state index is 13.1. The molecule has 2 aromatic heterocycles. The summed E-state index contributed by atoms with van der Waals surface area (Å²) in [6.45, 7) is 8.58. The molecule has 1 aliphatic rings. The lowest BCUT2D eigenvalue weighted by Crippen LogP contribution is -2.27. The maximum absolute atomic E-state index is 13.1. The van der Waals surface area contributed by atoms with Crippen LogP contribution in [0.25, 0.3) is 22.2 Å². The van der Waals surface area contributed by atoms with Gasteiger partial charge < -0.3 is 10.4 Å². The molecule has 1 amide bonds. The number of nitrogens with zero attached hydrogens (tertiary/aromatic N) is 3. The number of carboxylic acids is 1. The highest BCUT2D eigenvalue weighted by molar-refractivity contribution is 8.00. The molecule has 2 aromatic carbocycles. The quantitative estimate of drug-likeness (QED) is 0.239. The van der Waals surface area contributed by atoms with Gasteiger partial charge in [0, 0.05) is 22.3 Å². The molecule has 0 spiro atoms. The second-order valence-corrected chi connectivity index (χ2v) is 12.9. The van der Waals surface area contributed by atoms with Crippen LogP contribution in [0.15, 0.2) is 65.7 Å². The molecule has 0 saturated heterocycles. The van der Waals surface area contributed by atoms with E-state index in [1.54, 1.807) is 55.5 Å². The molecule has 208 valence electrons. The number of nitrogens with one attached hydrogen (secondary N) is 1. The molecule has 5 rings (SSSR count). The maximum Gasteiger partial charge on any atom is 0.336 e. The largest absolute Gasteiger partial charge is 0.478 e. The van der Waals surface area contributed by atoms with Crippen molar-refractivity contribution in [2.45, 2.75) is 57.2 Å². The van der Waals surface area contributed by atoms with Gasteiger partial charge in [0.2, 0.25) is 5.91 Å². The third kappa shape index (κ3) is 6.10. The van der Waals surface area contributed by atoms with Gasteiger partial charge in [-0.25, -0.2) is 14.8 Å². The minimum absolute atomic E-state index is 0.190. The highest BCUT2D eigenvalue weighted by atomic mass is 32.2. The minimum atomic E-state index is -1.01. The molecule has 2 unspecified atom stereocenters. The summed E-state index contributed by atoms with van der Waals surface area (Å²) in [5.41, 5.74) is 5.57. The van der Waals surface area contributed by atoms with E-state index in [0.29, 0.717) is 38.8 Å². The van der Waals surface area contributed by atoms with Gasteiger partial charge in [-0.2, -0.15) is 5.26 Å². The summed E-state index contributed by atoms with van der Waals surface area (Å²) in [6.07, 6.45) is 2.87. The van der Waals surface area contributed by atoms with Gasteiger partial charge in [-0.05, 0) is 73.4 Å². The normalized spacial score (nSPS) is 15.5. The standard InChI is InChI=1S/C33H32N4O3S/c1-19(41-31-22(18-34)15-21-16-23(33(2,3)4)11-14-27(21)37-31)30(38)35-24-12-9-20(10-13-24)29-17-26(32(39)40)25-7-5-6-8-28(25)36-29/h5-10,12-13,15,17,19,23H,11,14,16H2,1-4H3,(H,35,38)(H,39,40). The number of carbonyl (C=O) groups excluding carboxylic acids is 1.